The number of esters is 1. The fourth-order valence-corrected chi connectivity index (χ4v) is 4.30. The van der Waals surface area contributed by atoms with Crippen molar-refractivity contribution in [2.24, 2.45) is 0 Å². The first kappa shape index (κ1) is 20.9. The number of fused-ring (bicyclic) bond motifs is 1. The number of methoxy groups -OCH3 is 1. The molecule has 7 heteroatoms. The molecule has 0 saturated carbocycles. The van der Waals surface area contributed by atoms with Gasteiger partial charge in [0, 0.05) is 16.9 Å². The van der Waals surface area contributed by atoms with Gasteiger partial charge in [0.2, 0.25) is 0 Å². The van der Waals surface area contributed by atoms with Crippen molar-refractivity contribution in [1.29, 1.82) is 0 Å². The second kappa shape index (κ2) is 9.13. The Morgan fingerprint density at radius 2 is 1.93 bits per heavy atom. The Hall–Kier alpha value is -2.80. The average molecular weight is 413 g/mol. The predicted octanol–water partition coefficient (Wildman–Crippen LogP) is 3.96. The smallest absolute Gasteiger partial charge is 0.308 e. The molecule has 29 heavy (non-hydrogen) atoms. The third kappa shape index (κ3) is 4.29. The highest BCUT2D eigenvalue weighted by atomic mass is 32.1. The van der Waals surface area contributed by atoms with E-state index in [9.17, 15) is 14.4 Å². The van der Waals surface area contributed by atoms with Crippen LogP contribution in [-0.4, -0.2) is 28.4 Å². The molecule has 152 valence electrons. The lowest BCUT2D eigenvalue weighted by molar-refractivity contribution is -0.141. The highest BCUT2D eigenvalue weighted by molar-refractivity contribution is 7.18. The number of thiophene rings is 1. The van der Waals surface area contributed by atoms with Gasteiger partial charge in [0.05, 0.1) is 18.9 Å². The van der Waals surface area contributed by atoms with Gasteiger partial charge in [-0.2, -0.15) is 0 Å². The van der Waals surface area contributed by atoms with E-state index in [-0.39, 0.29) is 17.8 Å². The molecule has 0 saturated heterocycles. The number of carbonyl (C=O) groups is 2. The average Bonchev–Trinajstić information content (AvgIpc) is 3.16. The van der Waals surface area contributed by atoms with Crippen molar-refractivity contribution >= 4 is 33.3 Å². The molecule has 0 aliphatic rings. The van der Waals surface area contributed by atoms with E-state index in [1.807, 2.05) is 26.0 Å². The first-order valence-corrected chi connectivity index (χ1v) is 10.5. The Kier molecular flexibility index (Phi) is 6.59. The summed E-state index contributed by atoms with van der Waals surface area (Å²) in [5.41, 5.74) is 0.156. The summed E-state index contributed by atoms with van der Waals surface area (Å²) in [6.07, 6.45) is 1.87. The number of hydrogen-bond donors (Lipinski definition) is 0. The molecule has 2 heterocycles. The van der Waals surface area contributed by atoms with Crippen LogP contribution < -0.4 is 5.56 Å². The molecule has 0 radical (unpaired) electrons. The van der Waals surface area contributed by atoms with Crippen molar-refractivity contribution in [3.8, 4) is 0 Å². The van der Waals surface area contributed by atoms with E-state index in [4.69, 9.17) is 9.72 Å². The zero-order valence-corrected chi connectivity index (χ0v) is 17.6. The van der Waals surface area contributed by atoms with E-state index < -0.39 is 12.0 Å². The summed E-state index contributed by atoms with van der Waals surface area (Å²) < 4.78 is 6.22. The minimum absolute atomic E-state index is 0.223. The first-order chi connectivity index (χ1) is 14.0. The van der Waals surface area contributed by atoms with Gasteiger partial charge in [-0.15, -0.1) is 11.3 Å². The Morgan fingerprint density at radius 1 is 1.21 bits per heavy atom. The van der Waals surface area contributed by atoms with Crippen LogP contribution in [0.1, 0.15) is 53.8 Å². The van der Waals surface area contributed by atoms with Crippen molar-refractivity contribution in [3.05, 3.63) is 63.0 Å². The van der Waals surface area contributed by atoms with Gasteiger partial charge in [0.15, 0.2) is 5.78 Å². The molecule has 2 aromatic heterocycles. The van der Waals surface area contributed by atoms with Gasteiger partial charge in [-0.3, -0.25) is 19.0 Å². The zero-order valence-electron chi connectivity index (χ0n) is 16.8. The van der Waals surface area contributed by atoms with Crippen molar-refractivity contribution in [2.75, 3.05) is 7.11 Å². The molecular weight excluding hydrogens is 388 g/mol. The van der Waals surface area contributed by atoms with Gasteiger partial charge in [-0.25, -0.2) is 4.98 Å². The fraction of sp³-hybridized carbons (Fsp3) is 0.364. The van der Waals surface area contributed by atoms with E-state index in [0.29, 0.717) is 28.0 Å². The number of rotatable bonds is 8. The molecule has 0 amide bonds. The van der Waals surface area contributed by atoms with E-state index in [1.54, 1.807) is 24.3 Å². The number of nitrogens with zero attached hydrogens (tertiary/aromatic N) is 2. The number of benzene rings is 1. The number of ether oxygens (including phenoxy) is 1. The summed E-state index contributed by atoms with van der Waals surface area (Å²) in [6.45, 7) is 4.01. The maximum absolute atomic E-state index is 13.4. The highest BCUT2D eigenvalue weighted by Gasteiger charge is 2.29. The molecule has 3 aromatic rings. The molecule has 0 spiro atoms. The molecule has 0 fully saturated rings. The van der Waals surface area contributed by atoms with Crippen molar-refractivity contribution in [1.82, 2.24) is 9.55 Å². The maximum atomic E-state index is 13.4. The Bertz CT molecular complexity index is 1090. The lowest BCUT2D eigenvalue weighted by atomic mass is 10.0. The lowest BCUT2D eigenvalue weighted by Gasteiger charge is -2.21. The number of carbonyl (C=O) groups excluding carboxylic acids is 2. The number of Topliss-reactive ketones (excluding diaryl/α,β-unsaturated/α-hetero) is 1. The first-order valence-electron chi connectivity index (χ1n) is 9.70. The third-order valence-electron chi connectivity index (χ3n) is 4.80. The quantitative estimate of drug-likeness (QED) is 0.413. The molecule has 0 aliphatic carbocycles. The van der Waals surface area contributed by atoms with Crippen LogP contribution in [0.15, 0.2) is 41.2 Å². The molecule has 1 atom stereocenters. The molecule has 1 aromatic carbocycles. The molecular formula is C22H24N2O4S. The van der Waals surface area contributed by atoms with Gasteiger partial charge in [-0.1, -0.05) is 44.2 Å². The van der Waals surface area contributed by atoms with Crippen molar-refractivity contribution < 1.29 is 14.3 Å². The summed E-state index contributed by atoms with van der Waals surface area (Å²) >= 11 is 1.49. The second-order valence-electron chi connectivity index (χ2n) is 6.76. The van der Waals surface area contributed by atoms with Crippen LogP contribution in [0.5, 0.6) is 0 Å². The van der Waals surface area contributed by atoms with Gasteiger partial charge >= 0.3 is 5.97 Å². The molecule has 1 unspecified atom stereocenters. The van der Waals surface area contributed by atoms with Crippen molar-refractivity contribution in [2.45, 2.75) is 45.6 Å². The summed E-state index contributed by atoms with van der Waals surface area (Å²) in [7, 11) is 1.27. The van der Waals surface area contributed by atoms with Crippen LogP contribution in [0.3, 0.4) is 0 Å². The topological polar surface area (TPSA) is 78.3 Å². The highest BCUT2D eigenvalue weighted by Crippen LogP contribution is 2.26. The Labute approximate surface area is 173 Å². The normalized spacial score (nSPS) is 12.1. The molecule has 3 rings (SSSR count). The summed E-state index contributed by atoms with van der Waals surface area (Å²) in [5, 5.41) is 0.488. The molecule has 0 aliphatic heterocycles. The van der Waals surface area contributed by atoms with Crippen LogP contribution in [-0.2, 0) is 22.4 Å². The molecule has 0 bridgehead atoms. The van der Waals surface area contributed by atoms with E-state index in [2.05, 4.69) is 0 Å². The number of hydrogen-bond acceptors (Lipinski definition) is 6. The van der Waals surface area contributed by atoms with E-state index in [1.165, 1.54) is 23.0 Å². The van der Waals surface area contributed by atoms with Gasteiger partial charge in [0.25, 0.3) is 5.56 Å². The molecule has 6 nitrogen and oxygen atoms in total. The summed E-state index contributed by atoms with van der Waals surface area (Å²) in [4.78, 5) is 45.3. The Balaban J connectivity index is 2.23. The van der Waals surface area contributed by atoms with Crippen LogP contribution >= 0.6 is 11.3 Å². The minimum Gasteiger partial charge on any atom is -0.469 e. The van der Waals surface area contributed by atoms with Crippen LogP contribution in [0.25, 0.3) is 10.2 Å². The third-order valence-corrected chi connectivity index (χ3v) is 5.98. The largest absolute Gasteiger partial charge is 0.469 e. The van der Waals surface area contributed by atoms with E-state index in [0.717, 1.165) is 17.7 Å². The van der Waals surface area contributed by atoms with Crippen LogP contribution in [0.4, 0.5) is 0 Å². The van der Waals surface area contributed by atoms with E-state index >= 15 is 0 Å². The predicted molar refractivity (Wildman–Crippen MR) is 114 cm³/mol. The van der Waals surface area contributed by atoms with Crippen LogP contribution in [0.2, 0.25) is 0 Å². The fourth-order valence-electron chi connectivity index (χ4n) is 3.32. The molecule has 0 N–H and O–H groups in total. The maximum Gasteiger partial charge on any atom is 0.308 e. The monoisotopic (exact) mass is 412 g/mol. The minimum atomic E-state index is -0.999. The van der Waals surface area contributed by atoms with Crippen molar-refractivity contribution in [3.63, 3.8) is 0 Å². The number of aryl methyl sites for hydroxylation is 2. The van der Waals surface area contributed by atoms with Gasteiger partial charge < -0.3 is 4.74 Å². The summed E-state index contributed by atoms with van der Waals surface area (Å²) in [5.74, 6) is -0.330. The zero-order chi connectivity index (χ0) is 21.0. The Morgan fingerprint density at radius 3 is 2.55 bits per heavy atom. The number of aromatic nitrogens is 2. The number of ketones is 1. The standard InChI is InChI=1S/C22H24N2O4S/c1-4-9-18-23-21-16(12-15(5-2)29-21)22(27)24(18)17(13-19(25)28-3)20(26)14-10-7-6-8-11-14/h6-8,10-12,17H,4-5,9,13H2,1-3H3. The van der Waals surface area contributed by atoms with Gasteiger partial charge in [-0.05, 0) is 18.9 Å². The van der Waals surface area contributed by atoms with Crippen LogP contribution in [0, 0.1) is 0 Å². The SMILES string of the molecule is CCCc1nc2sc(CC)cc2c(=O)n1C(CC(=O)OC)C(=O)c1ccccc1. The van der Waals surface area contributed by atoms with Gasteiger partial charge in [0.1, 0.15) is 16.7 Å². The second-order valence-corrected chi connectivity index (χ2v) is 7.88. The lowest BCUT2D eigenvalue weighted by Crippen LogP contribution is -2.35. The summed E-state index contributed by atoms with van der Waals surface area (Å²) in [6, 6.07) is 9.53.